The van der Waals surface area contributed by atoms with E-state index in [0.717, 1.165) is 15.7 Å². The second-order valence-electron chi connectivity index (χ2n) is 4.94. The zero-order valence-electron chi connectivity index (χ0n) is 10.9. The van der Waals surface area contributed by atoms with Gasteiger partial charge in [0.1, 0.15) is 0 Å². The Morgan fingerprint density at radius 1 is 1.15 bits per heavy atom. The average Bonchev–Trinajstić information content (AvgIpc) is 2.73. The van der Waals surface area contributed by atoms with Gasteiger partial charge in [0.05, 0.1) is 11.2 Å². The monoisotopic (exact) mass is 393 g/mol. The molecule has 2 aromatic rings. The van der Waals surface area contributed by atoms with Crippen LogP contribution in [0.1, 0.15) is 21.5 Å². The van der Waals surface area contributed by atoms with E-state index in [1.807, 2.05) is 25.2 Å². The molecule has 2 nitrogen and oxygen atoms in total. The summed E-state index contributed by atoms with van der Waals surface area (Å²) in [6.45, 7) is 0. The predicted molar refractivity (Wildman–Crippen MR) is 88.5 cm³/mol. The minimum absolute atomic E-state index is 0.131. The lowest BCUT2D eigenvalue weighted by molar-refractivity contribution is -0.117. The number of fused-ring (bicyclic) bond motifs is 1. The Bertz CT molecular complexity index is 684. The van der Waals surface area contributed by atoms with E-state index in [9.17, 15) is 4.79 Å². The molecule has 0 saturated carbocycles. The van der Waals surface area contributed by atoms with Crippen molar-refractivity contribution in [2.45, 2.75) is 11.2 Å². The highest BCUT2D eigenvalue weighted by Crippen LogP contribution is 2.36. The van der Waals surface area contributed by atoms with Gasteiger partial charge in [0, 0.05) is 17.2 Å². The number of halogens is 2. The van der Waals surface area contributed by atoms with E-state index in [4.69, 9.17) is 0 Å². The molecule has 0 N–H and O–H groups in total. The fourth-order valence-electron chi connectivity index (χ4n) is 2.50. The SMILES string of the molecule is CN1C(=O)Cc2cc(C(Br)c3cccc(Br)c3)ccc21. The van der Waals surface area contributed by atoms with E-state index >= 15 is 0 Å². The van der Waals surface area contributed by atoms with Crippen molar-refractivity contribution in [2.75, 3.05) is 11.9 Å². The Labute approximate surface area is 135 Å². The quantitative estimate of drug-likeness (QED) is 0.689. The number of benzene rings is 2. The van der Waals surface area contributed by atoms with Crippen LogP contribution in [0, 0.1) is 0 Å². The first kappa shape index (κ1) is 13.8. The summed E-state index contributed by atoms with van der Waals surface area (Å²) in [5.74, 6) is 0.158. The van der Waals surface area contributed by atoms with Gasteiger partial charge in [-0.15, -0.1) is 0 Å². The van der Waals surface area contributed by atoms with Gasteiger partial charge in [0.2, 0.25) is 5.91 Å². The first-order valence-electron chi connectivity index (χ1n) is 6.35. The summed E-state index contributed by atoms with van der Waals surface area (Å²) in [7, 11) is 1.83. The number of hydrogen-bond donors (Lipinski definition) is 0. The molecule has 0 aliphatic carbocycles. The van der Waals surface area contributed by atoms with Crippen LogP contribution < -0.4 is 4.90 Å². The number of nitrogens with zero attached hydrogens (tertiary/aromatic N) is 1. The normalized spacial score (nSPS) is 15.3. The highest BCUT2D eigenvalue weighted by atomic mass is 79.9. The van der Waals surface area contributed by atoms with Gasteiger partial charge < -0.3 is 4.90 Å². The Morgan fingerprint density at radius 3 is 2.65 bits per heavy atom. The molecule has 1 aliphatic heterocycles. The van der Waals surface area contributed by atoms with Crippen molar-refractivity contribution in [3.63, 3.8) is 0 Å². The molecule has 0 fully saturated rings. The molecular weight excluding hydrogens is 382 g/mol. The fraction of sp³-hybridized carbons (Fsp3) is 0.188. The van der Waals surface area contributed by atoms with Crippen LogP contribution >= 0.6 is 31.9 Å². The molecular formula is C16H13Br2NO. The standard InChI is InChI=1S/C16H13Br2NO/c1-19-14-6-5-11(7-12(14)9-15(19)20)16(18)10-3-2-4-13(17)8-10/h2-8,16H,9H2,1H3. The lowest BCUT2D eigenvalue weighted by Gasteiger charge is -2.14. The summed E-state index contributed by atoms with van der Waals surface area (Å²) in [5.41, 5.74) is 4.49. The largest absolute Gasteiger partial charge is 0.315 e. The zero-order valence-corrected chi connectivity index (χ0v) is 14.1. The van der Waals surface area contributed by atoms with Crippen molar-refractivity contribution in [3.05, 3.63) is 63.6 Å². The summed E-state index contributed by atoms with van der Waals surface area (Å²) in [6.07, 6.45) is 0.498. The highest BCUT2D eigenvalue weighted by molar-refractivity contribution is 9.10. The average molecular weight is 395 g/mol. The number of amides is 1. The number of carbonyl (C=O) groups is 1. The molecule has 20 heavy (non-hydrogen) atoms. The maximum absolute atomic E-state index is 11.7. The molecule has 0 radical (unpaired) electrons. The summed E-state index contributed by atoms with van der Waals surface area (Å²) >= 11 is 7.24. The van der Waals surface area contributed by atoms with E-state index in [0.29, 0.717) is 6.42 Å². The van der Waals surface area contributed by atoms with Crippen LogP contribution in [0.25, 0.3) is 0 Å². The maximum Gasteiger partial charge on any atom is 0.231 e. The summed E-state index contributed by atoms with van der Waals surface area (Å²) < 4.78 is 1.07. The topological polar surface area (TPSA) is 20.3 Å². The van der Waals surface area contributed by atoms with Crippen molar-refractivity contribution < 1.29 is 4.79 Å². The molecule has 3 rings (SSSR count). The molecule has 1 unspecified atom stereocenters. The van der Waals surface area contributed by atoms with E-state index in [-0.39, 0.29) is 10.7 Å². The van der Waals surface area contributed by atoms with Crippen LogP contribution in [0.4, 0.5) is 5.69 Å². The van der Waals surface area contributed by atoms with Gasteiger partial charge in [0.15, 0.2) is 0 Å². The predicted octanol–water partition coefficient (Wildman–Crippen LogP) is 4.45. The van der Waals surface area contributed by atoms with Crippen molar-refractivity contribution in [2.24, 2.45) is 0 Å². The van der Waals surface area contributed by atoms with E-state index in [1.54, 1.807) is 4.90 Å². The van der Waals surface area contributed by atoms with Gasteiger partial charge in [-0.05, 0) is 34.9 Å². The second-order valence-corrected chi connectivity index (χ2v) is 6.77. The lowest BCUT2D eigenvalue weighted by atomic mass is 10.0. The van der Waals surface area contributed by atoms with Gasteiger partial charge in [-0.2, -0.15) is 0 Å². The molecule has 0 saturated heterocycles. The third-order valence-electron chi connectivity index (χ3n) is 3.61. The van der Waals surface area contributed by atoms with E-state index in [1.165, 1.54) is 11.1 Å². The Morgan fingerprint density at radius 2 is 1.90 bits per heavy atom. The Hall–Kier alpha value is -1.13. The van der Waals surface area contributed by atoms with E-state index < -0.39 is 0 Å². The summed E-state index contributed by atoms with van der Waals surface area (Å²) in [6, 6.07) is 14.5. The molecule has 0 bridgehead atoms. The number of alkyl halides is 1. The van der Waals surface area contributed by atoms with Crippen LogP contribution in [-0.4, -0.2) is 13.0 Å². The van der Waals surface area contributed by atoms with Gasteiger partial charge in [-0.3, -0.25) is 4.79 Å². The summed E-state index contributed by atoms with van der Waals surface area (Å²) in [4.78, 5) is 13.6. The van der Waals surface area contributed by atoms with Crippen LogP contribution in [-0.2, 0) is 11.2 Å². The molecule has 102 valence electrons. The molecule has 1 atom stereocenters. The molecule has 1 heterocycles. The van der Waals surface area contributed by atoms with Crippen LogP contribution in [0.15, 0.2) is 46.9 Å². The van der Waals surface area contributed by atoms with Crippen molar-refractivity contribution in [3.8, 4) is 0 Å². The number of rotatable bonds is 2. The second kappa shape index (κ2) is 5.34. The fourth-order valence-corrected chi connectivity index (χ4v) is 3.49. The van der Waals surface area contributed by atoms with Gasteiger partial charge in [-0.25, -0.2) is 0 Å². The third kappa shape index (κ3) is 2.42. The highest BCUT2D eigenvalue weighted by Gasteiger charge is 2.24. The van der Waals surface area contributed by atoms with Crippen LogP contribution in [0.2, 0.25) is 0 Å². The minimum atomic E-state index is 0.131. The number of hydrogen-bond acceptors (Lipinski definition) is 1. The lowest BCUT2D eigenvalue weighted by Crippen LogP contribution is -2.20. The molecule has 2 aromatic carbocycles. The molecule has 4 heteroatoms. The Balaban J connectivity index is 1.96. The van der Waals surface area contributed by atoms with Crippen molar-refractivity contribution in [1.29, 1.82) is 0 Å². The number of likely N-dealkylation sites (N-methyl/N-ethyl adjacent to an activating group) is 1. The molecule has 0 spiro atoms. The summed E-state index contributed by atoms with van der Waals surface area (Å²) in [5, 5.41) is 0. The van der Waals surface area contributed by atoms with Crippen molar-refractivity contribution in [1.82, 2.24) is 0 Å². The maximum atomic E-state index is 11.7. The number of carbonyl (C=O) groups excluding carboxylic acids is 1. The number of anilines is 1. The van der Waals surface area contributed by atoms with Crippen LogP contribution in [0.5, 0.6) is 0 Å². The first-order valence-corrected chi connectivity index (χ1v) is 8.06. The smallest absolute Gasteiger partial charge is 0.231 e. The third-order valence-corrected chi connectivity index (χ3v) is 5.17. The molecule has 1 aliphatic rings. The molecule has 0 aromatic heterocycles. The molecule has 1 amide bonds. The first-order chi connectivity index (χ1) is 9.56. The van der Waals surface area contributed by atoms with Crippen molar-refractivity contribution >= 4 is 43.5 Å². The van der Waals surface area contributed by atoms with Gasteiger partial charge in [-0.1, -0.05) is 56.1 Å². The van der Waals surface area contributed by atoms with Crippen LogP contribution in [0.3, 0.4) is 0 Å². The zero-order chi connectivity index (χ0) is 14.3. The van der Waals surface area contributed by atoms with Gasteiger partial charge >= 0.3 is 0 Å². The van der Waals surface area contributed by atoms with Gasteiger partial charge in [0.25, 0.3) is 0 Å². The van der Waals surface area contributed by atoms with E-state index in [2.05, 4.69) is 56.1 Å². The Kier molecular flexibility index (Phi) is 3.69. The minimum Gasteiger partial charge on any atom is -0.315 e.